The van der Waals surface area contributed by atoms with Gasteiger partial charge in [-0.25, -0.2) is 4.98 Å². The van der Waals surface area contributed by atoms with E-state index >= 15 is 0 Å². The minimum atomic E-state index is 0.334. The Morgan fingerprint density at radius 2 is 1.95 bits per heavy atom. The summed E-state index contributed by atoms with van der Waals surface area (Å²) in [5.74, 6) is 0.789. The Morgan fingerprint density at radius 3 is 2.64 bits per heavy atom. The minimum Gasteiger partial charge on any atom is -0.385 e. The second-order valence-corrected chi connectivity index (χ2v) is 5.40. The van der Waals surface area contributed by atoms with Gasteiger partial charge in [-0.3, -0.25) is 0 Å². The van der Waals surface area contributed by atoms with E-state index in [0.29, 0.717) is 18.3 Å². The maximum Gasteiger partial charge on any atom is 0.171 e. The van der Waals surface area contributed by atoms with Crippen molar-refractivity contribution in [2.75, 3.05) is 25.2 Å². The second-order valence-electron chi connectivity index (χ2n) is 4.99. The first-order valence-corrected chi connectivity index (χ1v) is 7.67. The average Bonchev–Trinajstić information content (AvgIpc) is 2.52. The van der Waals surface area contributed by atoms with Gasteiger partial charge in [-0.2, -0.15) is 0 Å². The number of benzene rings is 1. The van der Waals surface area contributed by atoms with Crippen LogP contribution in [0.25, 0.3) is 0 Å². The minimum absolute atomic E-state index is 0.334. The molecule has 0 unspecified atom stereocenters. The van der Waals surface area contributed by atoms with Crippen LogP contribution in [0.5, 0.6) is 0 Å². The smallest absolute Gasteiger partial charge is 0.171 e. The van der Waals surface area contributed by atoms with E-state index in [2.05, 4.69) is 17.1 Å². The topological polar surface area (TPSA) is 51.4 Å². The Bertz CT molecular complexity index is 604. The monoisotopic (exact) mass is 315 g/mol. The van der Waals surface area contributed by atoms with Crippen LogP contribution in [-0.4, -0.2) is 30.4 Å². The third kappa shape index (κ3) is 4.79. The highest BCUT2D eigenvalue weighted by Crippen LogP contribution is 2.14. The van der Waals surface area contributed by atoms with Crippen LogP contribution in [0.1, 0.15) is 17.7 Å². The largest absolute Gasteiger partial charge is 0.385 e. The molecule has 0 amide bonds. The van der Waals surface area contributed by atoms with Gasteiger partial charge in [0.05, 0.1) is 0 Å². The highest BCUT2D eigenvalue weighted by Gasteiger charge is 2.11. The highest BCUT2D eigenvalue weighted by molar-refractivity contribution is 7.80. The first kappa shape index (κ1) is 16.4. The number of methoxy groups -OCH3 is 1. The van der Waals surface area contributed by atoms with Gasteiger partial charge in [0.1, 0.15) is 5.82 Å². The molecule has 2 aromatic rings. The summed E-state index contributed by atoms with van der Waals surface area (Å²) in [6.45, 7) is 1.37. The quantitative estimate of drug-likeness (QED) is 0.629. The maximum atomic E-state index is 5.83. The summed E-state index contributed by atoms with van der Waals surface area (Å²) in [4.78, 5) is 6.54. The van der Waals surface area contributed by atoms with Crippen LogP contribution >= 0.6 is 12.2 Å². The van der Waals surface area contributed by atoms with Gasteiger partial charge in [-0.15, -0.1) is 0 Å². The summed E-state index contributed by atoms with van der Waals surface area (Å²) < 4.78 is 5.08. The molecule has 0 radical (unpaired) electrons. The lowest BCUT2D eigenvalue weighted by atomic mass is 10.1. The predicted octanol–water partition coefficient (Wildman–Crippen LogP) is 2.76. The van der Waals surface area contributed by atoms with Gasteiger partial charge < -0.3 is 15.4 Å². The Kier molecular flexibility index (Phi) is 6.30. The van der Waals surface area contributed by atoms with E-state index in [-0.39, 0.29) is 0 Å². The van der Waals surface area contributed by atoms with E-state index in [0.717, 1.165) is 24.4 Å². The lowest BCUT2D eigenvalue weighted by Gasteiger charge is -2.22. The number of nitrogens with zero attached hydrogens (tertiary/aromatic N) is 2. The molecule has 0 fully saturated rings. The van der Waals surface area contributed by atoms with Crippen LogP contribution in [0.3, 0.4) is 0 Å². The van der Waals surface area contributed by atoms with E-state index in [9.17, 15) is 0 Å². The highest BCUT2D eigenvalue weighted by atomic mass is 32.1. The van der Waals surface area contributed by atoms with Crippen molar-refractivity contribution in [2.24, 2.45) is 5.73 Å². The van der Waals surface area contributed by atoms with Gasteiger partial charge in [0, 0.05) is 32.4 Å². The number of rotatable bonds is 7. The van der Waals surface area contributed by atoms with Crippen LogP contribution in [0.2, 0.25) is 0 Å². The van der Waals surface area contributed by atoms with Crippen LogP contribution in [0.15, 0.2) is 48.5 Å². The number of hydrogen-bond acceptors (Lipinski definition) is 3. The molecule has 0 spiro atoms. The number of ether oxygens (including phenoxy) is 1. The summed E-state index contributed by atoms with van der Waals surface area (Å²) in [7, 11) is 1.68. The van der Waals surface area contributed by atoms with E-state index in [1.807, 2.05) is 41.3 Å². The summed E-state index contributed by atoms with van der Waals surface area (Å²) >= 11 is 5.14. The molecule has 116 valence electrons. The molecule has 4 nitrogen and oxygen atoms in total. The third-order valence-corrected chi connectivity index (χ3v) is 3.51. The van der Waals surface area contributed by atoms with E-state index in [1.54, 1.807) is 7.11 Å². The summed E-state index contributed by atoms with van der Waals surface area (Å²) in [5.41, 5.74) is 8.06. The zero-order chi connectivity index (χ0) is 15.8. The molecule has 0 saturated carbocycles. The molecule has 1 heterocycles. The molecule has 1 aromatic heterocycles. The molecule has 1 aromatic carbocycles. The van der Waals surface area contributed by atoms with Crippen molar-refractivity contribution in [3.05, 3.63) is 59.8 Å². The maximum absolute atomic E-state index is 5.83. The van der Waals surface area contributed by atoms with Gasteiger partial charge in [-0.1, -0.05) is 36.4 Å². The van der Waals surface area contributed by atoms with Gasteiger partial charge in [0.15, 0.2) is 5.11 Å². The molecule has 0 saturated heterocycles. The lowest BCUT2D eigenvalue weighted by Crippen LogP contribution is -2.37. The Labute approximate surface area is 136 Å². The van der Waals surface area contributed by atoms with Crippen LogP contribution in [-0.2, 0) is 11.2 Å². The zero-order valence-electron chi connectivity index (χ0n) is 12.7. The fourth-order valence-corrected chi connectivity index (χ4v) is 2.41. The summed E-state index contributed by atoms with van der Waals surface area (Å²) in [6, 6.07) is 16.2. The first-order chi connectivity index (χ1) is 10.7. The van der Waals surface area contributed by atoms with Crippen molar-refractivity contribution in [3.63, 3.8) is 0 Å². The van der Waals surface area contributed by atoms with Gasteiger partial charge in [0.2, 0.25) is 0 Å². The normalized spacial score (nSPS) is 10.4. The van der Waals surface area contributed by atoms with Crippen molar-refractivity contribution in [1.29, 1.82) is 0 Å². The fraction of sp³-hybridized carbons (Fsp3) is 0.294. The number of thiocarbonyl (C=S) groups is 1. The molecular formula is C17H21N3OS. The molecular weight excluding hydrogens is 294 g/mol. The Morgan fingerprint density at radius 1 is 1.18 bits per heavy atom. The Balaban J connectivity index is 2.13. The molecule has 2 rings (SSSR count). The number of pyridine rings is 1. The molecule has 22 heavy (non-hydrogen) atoms. The lowest BCUT2D eigenvalue weighted by molar-refractivity contribution is 0.197. The molecule has 0 aliphatic heterocycles. The Hall–Kier alpha value is -1.98. The average molecular weight is 315 g/mol. The summed E-state index contributed by atoms with van der Waals surface area (Å²) in [6.07, 6.45) is 1.64. The number of aromatic nitrogens is 1. The van der Waals surface area contributed by atoms with E-state index in [1.165, 1.54) is 5.56 Å². The number of hydrogen-bond donors (Lipinski definition) is 1. The van der Waals surface area contributed by atoms with Crippen LogP contribution in [0, 0.1) is 0 Å². The second kappa shape index (κ2) is 8.46. The van der Waals surface area contributed by atoms with Crippen LogP contribution < -0.4 is 10.6 Å². The third-order valence-electron chi connectivity index (χ3n) is 3.29. The standard InChI is InChI=1S/C17H21N3OS/c1-21-12-6-11-20(17(18)22)16-10-5-9-15(19-16)13-14-7-3-2-4-8-14/h2-5,7-10H,6,11-13H2,1H3,(H2,18,22). The van der Waals surface area contributed by atoms with Gasteiger partial charge in [0.25, 0.3) is 0 Å². The van der Waals surface area contributed by atoms with Crippen molar-refractivity contribution in [2.45, 2.75) is 12.8 Å². The molecule has 0 atom stereocenters. The van der Waals surface area contributed by atoms with E-state index < -0.39 is 0 Å². The SMILES string of the molecule is COCCCN(C(N)=S)c1cccc(Cc2ccccc2)n1. The molecule has 0 aliphatic rings. The van der Waals surface area contributed by atoms with Crippen LogP contribution in [0.4, 0.5) is 5.82 Å². The number of anilines is 1. The van der Waals surface area contributed by atoms with Gasteiger partial charge in [-0.05, 0) is 36.3 Å². The predicted molar refractivity (Wildman–Crippen MR) is 94.1 cm³/mol. The molecule has 2 N–H and O–H groups in total. The van der Waals surface area contributed by atoms with Gasteiger partial charge >= 0.3 is 0 Å². The zero-order valence-corrected chi connectivity index (χ0v) is 13.6. The fourth-order valence-electron chi connectivity index (χ4n) is 2.23. The summed E-state index contributed by atoms with van der Waals surface area (Å²) in [5, 5.41) is 0.334. The van der Waals surface area contributed by atoms with Crippen molar-refractivity contribution < 1.29 is 4.74 Å². The molecule has 0 bridgehead atoms. The molecule has 0 aliphatic carbocycles. The number of nitrogens with two attached hydrogens (primary N) is 1. The van der Waals surface area contributed by atoms with E-state index in [4.69, 9.17) is 22.7 Å². The first-order valence-electron chi connectivity index (χ1n) is 7.26. The van der Waals surface area contributed by atoms with Crippen molar-refractivity contribution in [1.82, 2.24) is 4.98 Å². The molecule has 5 heteroatoms. The van der Waals surface area contributed by atoms with Crippen molar-refractivity contribution in [3.8, 4) is 0 Å². The van der Waals surface area contributed by atoms with Crippen molar-refractivity contribution >= 4 is 23.1 Å².